The summed E-state index contributed by atoms with van der Waals surface area (Å²) in [5.74, 6) is -1.21. The van der Waals surface area contributed by atoms with Crippen molar-refractivity contribution in [2.75, 3.05) is 18.7 Å². The van der Waals surface area contributed by atoms with Gasteiger partial charge in [0.2, 0.25) is 6.79 Å². The predicted octanol–water partition coefficient (Wildman–Crippen LogP) is 3.10. The van der Waals surface area contributed by atoms with Gasteiger partial charge in [0.25, 0.3) is 5.91 Å². The van der Waals surface area contributed by atoms with Gasteiger partial charge in [-0.2, -0.15) is 5.10 Å². The van der Waals surface area contributed by atoms with Crippen LogP contribution in [0.2, 0.25) is 0 Å². The van der Waals surface area contributed by atoms with Crippen molar-refractivity contribution in [1.29, 1.82) is 0 Å². The third-order valence-corrected chi connectivity index (χ3v) is 5.42. The normalized spacial score (nSPS) is 11.7. The molecule has 0 bridgehead atoms. The molecule has 1 aliphatic heterocycles. The molecule has 0 fully saturated rings. The fourth-order valence-corrected chi connectivity index (χ4v) is 3.53. The van der Waals surface area contributed by atoms with Gasteiger partial charge < -0.3 is 24.8 Å². The Labute approximate surface area is 218 Å². The second-order valence-corrected chi connectivity index (χ2v) is 8.51. The van der Waals surface area contributed by atoms with E-state index < -0.39 is 23.5 Å². The number of rotatable bonds is 8. The van der Waals surface area contributed by atoms with Crippen LogP contribution in [0.3, 0.4) is 0 Å². The molecule has 3 N–H and O–H groups in total. The lowest BCUT2D eigenvalue weighted by atomic mass is 10.2. The maximum Gasteiger partial charge on any atom is 0.329 e. The lowest BCUT2D eigenvalue weighted by molar-refractivity contribution is -0.139. The van der Waals surface area contributed by atoms with Gasteiger partial charge >= 0.3 is 11.8 Å². The van der Waals surface area contributed by atoms with Crippen molar-refractivity contribution < 1.29 is 33.0 Å². The number of hydrogen-bond donors (Lipinski definition) is 3. The Morgan fingerprint density at radius 2 is 1.78 bits per heavy atom. The van der Waals surface area contributed by atoms with Crippen LogP contribution in [0.15, 0.2) is 70.2 Å². The first-order valence-corrected chi connectivity index (χ1v) is 11.6. The maximum absolute atomic E-state index is 13.0. The quantitative estimate of drug-likeness (QED) is 0.217. The van der Waals surface area contributed by atoms with Crippen molar-refractivity contribution >= 4 is 45.6 Å². The summed E-state index contributed by atoms with van der Waals surface area (Å²) >= 11 is 3.34. The second-order valence-electron chi connectivity index (χ2n) is 7.60. The lowest BCUT2D eigenvalue weighted by Gasteiger charge is -2.10. The average molecular weight is 571 g/mol. The molecule has 0 atom stereocenters. The van der Waals surface area contributed by atoms with Gasteiger partial charge in [-0.15, -0.1) is 0 Å². The fraction of sp³-hybridized carbons (Fsp3) is 0.120. The van der Waals surface area contributed by atoms with Crippen molar-refractivity contribution in [2.24, 2.45) is 5.10 Å². The summed E-state index contributed by atoms with van der Waals surface area (Å²) in [4.78, 5) is 36.4. The van der Waals surface area contributed by atoms with E-state index in [-0.39, 0.29) is 19.9 Å². The highest BCUT2D eigenvalue weighted by Crippen LogP contribution is 2.32. The third-order valence-electron chi connectivity index (χ3n) is 4.92. The first-order valence-electron chi connectivity index (χ1n) is 10.8. The molecular weight excluding hydrogens is 551 g/mol. The number of hydrazone groups is 1. The third kappa shape index (κ3) is 7.27. The summed E-state index contributed by atoms with van der Waals surface area (Å²) in [7, 11) is 0. The van der Waals surface area contributed by atoms with Crippen molar-refractivity contribution in [3.63, 3.8) is 0 Å². The van der Waals surface area contributed by atoms with Crippen molar-refractivity contribution in [3.05, 3.63) is 82.1 Å². The monoisotopic (exact) mass is 570 g/mol. The highest BCUT2D eigenvalue weighted by Gasteiger charge is 2.16. The van der Waals surface area contributed by atoms with E-state index in [0.717, 1.165) is 5.56 Å². The predicted molar refractivity (Wildman–Crippen MR) is 135 cm³/mol. The highest BCUT2D eigenvalue weighted by atomic mass is 79.9. The van der Waals surface area contributed by atoms with Crippen LogP contribution in [0.5, 0.6) is 17.2 Å². The van der Waals surface area contributed by atoms with Crippen LogP contribution in [-0.4, -0.2) is 37.3 Å². The summed E-state index contributed by atoms with van der Waals surface area (Å²) in [5, 5.41) is 8.90. The molecule has 37 heavy (non-hydrogen) atoms. The molecule has 1 heterocycles. The van der Waals surface area contributed by atoms with E-state index in [1.807, 2.05) is 0 Å². The Kier molecular flexibility index (Phi) is 8.31. The summed E-state index contributed by atoms with van der Waals surface area (Å²) in [6, 6.07) is 15.5. The van der Waals surface area contributed by atoms with E-state index in [0.29, 0.717) is 33.0 Å². The molecule has 0 aromatic heterocycles. The second kappa shape index (κ2) is 12.0. The minimum absolute atomic E-state index is 0.107. The van der Waals surface area contributed by atoms with Crippen molar-refractivity contribution in [3.8, 4) is 17.2 Å². The molecule has 0 spiro atoms. The number of ether oxygens (including phenoxy) is 3. The van der Waals surface area contributed by atoms with Crippen molar-refractivity contribution in [2.45, 2.75) is 6.54 Å². The van der Waals surface area contributed by atoms with Gasteiger partial charge in [-0.25, -0.2) is 9.82 Å². The van der Waals surface area contributed by atoms with Gasteiger partial charge in [-0.1, -0.05) is 22.0 Å². The van der Waals surface area contributed by atoms with Crippen LogP contribution in [0.1, 0.15) is 11.1 Å². The average Bonchev–Trinajstić information content (AvgIpc) is 3.36. The van der Waals surface area contributed by atoms with E-state index in [9.17, 15) is 18.8 Å². The zero-order valence-corrected chi connectivity index (χ0v) is 20.7. The smallest absolute Gasteiger partial charge is 0.329 e. The number of nitrogens with one attached hydrogen (secondary N) is 3. The van der Waals surface area contributed by atoms with E-state index >= 15 is 0 Å². The van der Waals surface area contributed by atoms with E-state index in [1.165, 1.54) is 30.5 Å². The fourth-order valence-electron chi connectivity index (χ4n) is 3.15. The molecule has 12 heteroatoms. The summed E-state index contributed by atoms with van der Waals surface area (Å²) in [6.07, 6.45) is 1.28. The van der Waals surface area contributed by atoms with Crippen LogP contribution in [0.4, 0.5) is 10.1 Å². The van der Waals surface area contributed by atoms with Crippen LogP contribution >= 0.6 is 15.9 Å². The van der Waals surface area contributed by atoms with Crippen molar-refractivity contribution in [1.82, 2.24) is 10.7 Å². The molecule has 4 rings (SSSR count). The number of carbonyl (C=O) groups is 3. The minimum atomic E-state index is -0.965. The largest absolute Gasteiger partial charge is 0.483 e. The molecule has 3 amide bonds. The van der Waals surface area contributed by atoms with Crippen LogP contribution in [-0.2, 0) is 20.9 Å². The molecule has 190 valence electrons. The Morgan fingerprint density at radius 3 is 2.59 bits per heavy atom. The minimum Gasteiger partial charge on any atom is -0.483 e. The molecule has 0 saturated carbocycles. The zero-order valence-electron chi connectivity index (χ0n) is 19.1. The molecule has 1 aliphatic rings. The first kappa shape index (κ1) is 25.6. The van der Waals surface area contributed by atoms with Gasteiger partial charge in [0.05, 0.1) is 6.21 Å². The number of fused-ring (bicyclic) bond motifs is 1. The Bertz CT molecular complexity index is 1350. The van der Waals surface area contributed by atoms with Crippen LogP contribution < -0.4 is 30.3 Å². The van der Waals surface area contributed by atoms with E-state index in [2.05, 4.69) is 37.1 Å². The molecule has 3 aromatic rings. The Hall–Kier alpha value is -4.45. The van der Waals surface area contributed by atoms with Gasteiger partial charge in [0.1, 0.15) is 11.6 Å². The van der Waals surface area contributed by atoms with Gasteiger partial charge in [-0.05, 0) is 60.2 Å². The maximum atomic E-state index is 13.0. The summed E-state index contributed by atoms with van der Waals surface area (Å²) in [6.45, 7) is -0.0792. The molecule has 3 aromatic carbocycles. The number of carbonyl (C=O) groups excluding carboxylic acids is 3. The number of hydrogen-bond acceptors (Lipinski definition) is 7. The molecule has 0 aliphatic carbocycles. The van der Waals surface area contributed by atoms with Crippen LogP contribution in [0.25, 0.3) is 0 Å². The standard InChI is InChI=1S/C25H20BrFN4O6/c26-17-2-8-20(35-13-23(32)30-19-5-3-18(27)4-6-19)16(10-17)12-29-31-25(34)24(33)28-11-15-1-7-21-22(9-15)37-14-36-21/h1-10,12H,11,13-14H2,(H,28,33)(H,30,32)(H,31,34)/b29-12-. The molecule has 0 saturated heterocycles. The van der Waals surface area contributed by atoms with Gasteiger partial charge in [0.15, 0.2) is 18.1 Å². The number of nitrogens with zero attached hydrogens (tertiary/aromatic N) is 1. The van der Waals surface area contributed by atoms with E-state index in [1.54, 1.807) is 36.4 Å². The number of amides is 3. The SMILES string of the molecule is O=C(COc1ccc(Br)cc1/C=N\NC(=O)C(=O)NCc1ccc2c(c1)OCO2)Nc1ccc(F)cc1. The topological polar surface area (TPSA) is 127 Å². The number of benzene rings is 3. The van der Waals surface area contributed by atoms with Gasteiger partial charge in [-0.3, -0.25) is 14.4 Å². The van der Waals surface area contributed by atoms with E-state index in [4.69, 9.17) is 14.2 Å². The lowest BCUT2D eigenvalue weighted by Crippen LogP contribution is -2.37. The zero-order chi connectivity index (χ0) is 26.2. The van der Waals surface area contributed by atoms with Crippen LogP contribution in [0, 0.1) is 5.82 Å². The molecular formula is C25H20BrFN4O6. The molecule has 10 nitrogen and oxygen atoms in total. The highest BCUT2D eigenvalue weighted by molar-refractivity contribution is 9.10. The summed E-state index contributed by atoms with van der Waals surface area (Å²) < 4.78 is 29.8. The molecule has 0 radical (unpaired) electrons. The van der Waals surface area contributed by atoms with Gasteiger partial charge in [0, 0.05) is 22.3 Å². The number of halogens is 2. The number of anilines is 1. The first-order chi connectivity index (χ1) is 17.9. The molecule has 0 unspecified atom stereocenters. The Morgan fingerprint density at radius 1 is 1.00 bits per heavy atom. The Balaban J connectivity index is 1.28. The summed E-state index contributed by atoms with van der Waals surface area (Å²) in [5.41, 5.74) is 3.74.